The number of aryl methyl sites for hydroxylation is 1. The van der Waals surface area contributed by atoms with Gasteiger partial charge in [-0.1, -0.05) is 24.3 Å². The first-order chi connectivity index (χ1) is 56.5. The Morgan fingerprint density at radius 1 is 0.431 bits per heavy atom. The SMILES string of the molecule is COc1ccc([C@@H](C)N2C[C@H]([C@@H](C)Oc3nc(-c4ccc(N5CCN(C6COC6)CC5)cn4)cc4ncn(C5CC5)c34)CC2=O)cc1.COc1ccc([C@@H](C)N2C[C@H]([C@@H](C)Oc3nc(C)cc4ncn(C5CC5)c34)CC2=O)cc1.C[C@@H](Oc1nc(-c2ccc(N3CCN(C4COC4)CC3)cn2)cc2ncn(C3CC3)c12)[C@H]1CNC(=O)C1. The molecule has 10 fully saturated rings. The molecule has 28 heteroatoms. The molecule has 0 spiro atoms. The van der Waals surface area contributed by atoms with Crippen LogP contribution in [0.15, 0.2) is 122 Å². The van der Waals surface area contributed by atoms with Crippen LogP contribution in [-0.2, 0) is 23.9 Å². The molecule has 10 aliphatic rings. The molecule has 3 saturated carbocycles. The number of likely N-dealkylation sites (tertiary alicyclic amines) is 2. The first-order valence-corrected chi connectivity index (χ1v) is 41.8. The molecular weight excluding hydrogens is 1470 g/mol. The smallest absolute Gasteiger partial charge is 0.241 e. The zero-order chi connectivity index (χ0) is 79.4. The molecule has 20 rings (SSSR count). The summed E-state index contributed by atoms with van der Waals surface area (Å²) in [6.07, 6.45) is 17.4. The highest BCUT2D eigenvalue weighted by atomic mass is 16.5. The molecule has 8 atom stereocenters. The van der Waals surface area contributed by atoms with Gasteiger partial charge < -0.3 is 71.8 Å². The third-order valence-corrected chi connectivity index (χ3v) is 25.6. The van der Waals surface area contributed by atoms with E-state index >= 15 is 0 Å². The molecule has 2 aromatic carbocycles. The van der Waals surface area contributed by atoms with Gasteiger partial charge in [0.1, 0.15) is 46.4 Å². The number of carbonyl (C=O) groups is 3. The number of hydrogen-bond acceptors (Lipinski definition) is 22. The van der Waals surface area contributed by atoms with Crippen molar-refractivity contribution in [2.45, 2.75) is 160 Å². The maximum Gasteiger partial charge on any atom is 0.241 e. The first-order valence-electron chi connectivity index (χ1n) is 41.8. The van der Waals surface area contributed by atoms with Crippen LogP contribution in [0.25, 0.3) is 55.9 Å². The Balaban J connectivity index is 0.000000123. The largest absolute Gasteiger partial charge is 0.497 e. The zero-order valence-corrected chi connectivity index (χ0v) is 67.7. The lowest BCUT2D eigenvalue weighted by Gasteiger charge is -2.43. The van der Waals surface area contributed by atoms with Gasteiger partial charge in [0.25, 0.3) is 0 Å². The van der Waals surface area contributed by atoms with Crippen molar-refractivity contribution in [2.75, 3.05) is 122 Å². The predicted molar refractivity (Wildman–Crippen MR) is 439 cm³/mol. The van der Waals surface area contributed by atoms with Crippen LogP contribution in [0.5, 0.6) is 29.1 Å². The quantitative estimate of drug-likeness (QED) is 0.0589. The summed E-state index contributed by atoms with van der Waals surface area (Å²) in [5.41, 5.74) is 13.9. The molecule has 1 N–H and O–H groups in total. The Labute approximate surface area is 676 Å². The molecule has 28 nitrogen and oxygen atoms in total. The van der Waals surface area contributed by atoms with E-state index in [-0.39, 0.29) is 65.9 Å². The third-order valence-electron chi connectivity index (χ3n) is 25.6. The maximum absolute atomic E-state index is 13.2. The number of benzene rings is 2. The van der Waals surface area contributed by atoms with Gasteiger partial charge in [0.05, 0.1) is 147 Å². The lowest BCUT2D eigenvalue weighted by molar-refractivity contribution is -0.130. The molecule has 0 radical (unpaired) electrons. The van der Waals surface area contributed by atoms with Crippen molar-refractivity contribution < 1.29 is 47.5 Å². The maximum atomic E-state index is 13.2. The molecule has 3 aliphatic carbocycles. The predicted octanol–water partition coefficient (Wildman–Crippen LogP) is 11.4. The van der Waals surface area contributed by atoms with E-state index < -0.39 is 0 Å². The second kappa shape index (κ2) is 32.9. The van der Waals surface area contributed by atoms with Crippen LogP contribution in [0.1, 0.15) is 139 Å². The summed E-state index contributed by atoms with van der Waals surface area (Å²) >= 11 is 0. The van der Waals surface area contributed by atoms with Crippen LogP contribution in [0.3, 0.4) is 0 Å². The minimum absolute atomic E-state index is 0.00528. The van der Waals surface area contributed by atoms with Gasteiger partial charge in [0, 0.05) is 133 Å². The van der Waals surface area contributed by atoms with Gasteiger partial charge >= 0.3 is 0 Å². The minimum atomic E-state index is -0.221. The average molecular weight is 1580 g/mol. The number of amides is 3. The van der Waals surface area contributed by atoms with E-state index in [1.165, 1.54) is 12.8 Å². The van der Waals surface area contributed by atoms with Gasteiger partial charge in [0.15, 0.2) is 0 Å². The van der Waals surface area contributed by atoms with Crippen LogP contribution >= 0.6 is 0 Å². The number of ether oxygens (including phenoxy) is 7. The molecule has 3 amide bonds. The Hall–Kier alpha value is -10.6. The normalized spacial score (nSPS) is 22.2. The van der Waals surface area contributed by atoms with Crippen LogP contribution < -0.4 is 38.8 Å². The van der Waals surface area contributed by atoms with E-state index in [2.05, 4.69) is 82.6 Å². The van der Waals surface area contributed by atoms with Gasteiger partial charge in [0.2, 0.25) is 35.4 Å². The standard InChI is InChI=1S/C36H43N7O4.C27H33N7O3.C25H30N4O3/c1-23(25-4-9-30(45-3)10-5-25)42-19-26(16-34(42)44)24(2)47-36-35-33(38-22-43(35)27-6-7-27)17-32(39-36)31-11-8-28(18-37-31)40-12-14-41(15-13-40)29-20-46-21-29;1-17(18-10-25(35)29-12-18)37-27-26-24(30-16-34(26)19-2-3-19)11-23(31-27)22-5-4-20(13-28-22)32-6-8-33(9-7-32)21-14-36-15-21;1-15-11-22-24(29(14-26-22)20-7-8-20)25(27-15)32-17(3)19-12-23(30)28(13-19)16(2)18-5-9-21(31-4)10-6-18/h4-5,8-11,17-18,22-24,26-27,29H,6-7,12-16,19-21H2,1-3H3;4-5,11,13,16-19,21H,2-3,6-10,12,14-15H2,1H3,(H,29,35);5-6,9-11,14,16-17,19-20H,7-8,12-13H2,1-4H3/t23-,24-,26-;17-,18-;16-,17-,19-/m111/s1. The van der Waals surface area contributed by atoms with Crippen molar-refractivity contribution in [3.8, 4) is 51.9 Å². The molecule has 7 aliphatic heterocycles. The van der Waals surface area contributed by atoms with Gasteiger partial charge in [-0.15, -0.1) is 0 Å². The Kier molecular flexibility index (Phi) is 21.7. The van der Waals surface area contributed by atoms with Crippen molar-refractivity contribution in [1.82, 2.24) is 78.5 Å². The van der Waals surface area contributed by atoms with Crippen molar-refractivity contribution in [3.05, 3.63) is 139 Å². The minimum Gasteiger partial charge on any atom is -0.497 e. The molecule has 116 heavy (non-hydrogen) atoms. The first kappa shape index (κ1) is 76.7. The highest BCUT2D eigenvalue weighted by Crippen LogP contribution is 2.45. The fourth-order valence-electron chi connectivity index (χ4n) is 17.4. The molecule has 0 bridgehead atoms. The fourth-order valence-corrected chi connectivity index (χ4v) is 17.4. The second-order valence-electron chi connectivity index (χ2n) is 33.3. The van der Waals surface area contributed by atoms with Gasteiger partial charge in [-0.2, -0.15) is 0 Å². The topological polar surface area (TPSA) is 265 Å². The van der Waals surface area contributed by atoms with E-state index in [9.17, 15) is 14.4 Å². The van der Waals surface area contributed by atoms with Crippen molar-refractivity contribution >= 4 is 62.2 Å². The Morgan fingerprint density at radius 2 is 0.819 bits per heavy atom. The summed E-state index contributed by atoms with van der Waals surface area (Å²) in [5.74, 6) is 4.05. The summed E-state index contributed by atoms with van der Waals surface area (Å²) in [6.45, 7) is 25.8. The number of hydrogen-bond donors (Lipinski definition) is 1. The molecule has 0 unspecified atom stereocenters. The zero-order valence-electron chi connectivity index (χ0n) is 67.7. The lowest BCUT2D eigenvalue weighted by atomic mass is 10.0. The Morgan fingerprint density at radius 3 is 1.16 bits per heavy atom. The van der Waals surface area contributed by atoms with Gasteiger partial charge in [-0.05, 0) is 158 Å². The number of imidazole rings is 3. The number of nitrogens with zero attached hydrogens (tertiary/aromatic N) is 17. The van der Waals surface area contributed by atoms with E-state index in [1.54, 1.807) is 14.2 Å². The van der Waals surface area contributed by atoms with E-state index in [0.29, 0.717) is 86.7 Å². The monoisotopic (exact) mass is 1570 g/mol. The summed E-state index contributed by atoms with van der Waals surface area (Å²) in [4.78, 5) is 90.1. The second-order valence-corrected chi connectivity index (χ2v) is 33.3. The number of fused-ring (bicyclic) bond motifs is 3. The number of anilines is 2. The van der Waals surface area contributed by atoms with Crippen LogP contribution in [0.4, 0.5) is 11.4 Å². The van der Waals surface area contributed by atoms with Crippen molar-refractivity contribution in [3.63, 3.8) is 0 Å². The van der Waals surface area contributed by atoms with Gasteiger partial charge in [-0.25, -0.2) is 29.9 Å². The summed E-state index contributed by atoms with van der Waals surface area (Å²) < 4.78 is 47.5. The third kappa shape index (κ3) is 16.3. The van der Waals surface area contributed by atoms with E-state index in [1.807, 2.05) is 135 Å². The number of pyridine rings is 5. The molecular formula is C88H106N18O10. The highest BCUT2D eigenvalue weighted by molar-refractivity contribution is 5.87. The molecule has 15 heterocycles. The van der Waals surface area contributed by atoms with Crippen LogP contribution in [0.2, 0.25) is 0 Å². The highest BCUT2D eigenvalue weighted by Gasteiger charge is 2.41. The van der Waals surface area contributed by atoms with Gasteiger partial charge in [-0.3, -0.25) is 34.2 Å². The lowest BCUT2D eigenvalue weighted by Crippen LogP contribution is -2.56. The summed E-state index contributed by atoms with van der Waals surface area (Å²) in [5, 5.41) is 2.91. The average Bonchev–Trinajstić information content (AvgIpc) is 1.63. The molecule has 7 saturated heterocycles. The molecule has 608 valence electrons. The number of carbonyl (C=O) groups excluding carboxylic acids is 3. The van der Waals surface area contributed by atoms with Crippen LogP contribution in [0, 0.1) is 24.7 Å². The van der Waals surface area contributed by atoms with Crippen molar-refractivity contribution in [2.24, 2.45) is 17.8 Å². The molecule has 8 aromatic heterocycles. The summed E-state index contributed by atoms with van der Waals surface area (Å²) in [6, 6.07) is 32.8. The number of nitrogens with one attached hydrogen (secondary N) is 1. The van der Waals surface area contributed by atoms with E-state index in [4.69, 9.17) is 68.0 Å². The number of rotatable bonds is 24. The number of methoxy groups -OCH3 is 2. The molecule has 10 aromatic rings. The van der Waals surface area contributed by atoms with Crippen LogP contribution in [-0.4, -0.2) is 234 Å². The van der Waals surface area contributed by atoms with E-state index in [0.717, 1.165) is 200 Å². The number of piperazine rings is 2. The Bertz CT molecular complexity index is 5160. The summed E-state index contributed by atoms with van der Waals surface area (Å²) in [7, 11) is 3.31. The fraction of sp³-hybridized carbons (Fsp3) is 0.511. The van der Waals surface area contributed by atoms with Crippen molar-refractivity contribution in [1.29, 1.82) is 0 Å². The number of aromatic nitrogens is 11.